The van der Waals surface area contributed by atoms with Gasteiger partial charge in [0.2, 0.25) is 5.91 Å². The number of amides is 2. The number of nitrogens with zero attached hydrogens (tertiary/aromatic N) is 1. The van der Waals surface area contributed by atoms with Crippen molar-refractivity contribution < 1.29 is 23.8 Å². The third-order valence-corrected chi connectivity index (χ3v) is 7.41. The molecule has 0 aliphatic carbocycles. The van der Waals surface area contributed by atoms with Gasteiger partial charge in [0.05, 0.1) is 26.2 Å². The molecule has 0 aromatic heterocycles. The lowest BCUT2D eigenvalue weighted by Gasteiger charge is -2.45. The van der Waals surface area contributed by atoms with E-state index in [0.717, 1.165) is 23.3 Å². The summed E-state index contributed by atoms with van der Waals surface area (Å²) in [6.07, 6.45) is 0.734. The molecule has 39 heavy (non-hydrogen) atoms. The summed E-state index contributed by atoms with van der Waals surface area (Å²) >= 11 is 0. The maximum atomic E-state index is 14.1. The van der Waals surface area contributed by atoms with Gasteiger partial charge in [-0.25, -0.2) is 0 Å². The second kappa shape index (κ2) is 10.2. The van der Waals surface area contributed by atoms with Gasteiger partial charge in [0.15, 0.2) is 11.5 Å². The van der Waals surface area contributed by atoms with Gasteiger partial charge in [0.25, 0.3) is 5.91 Å². The van der Waals surface area contributed by atoms with Crippen molar-refractivity contribution in [2.45, 2.75) is 18.4 Å². The van der Waals surface area contributed by atoms with Crippen LogP contribution < -0.4 is 19.5 Å². The summed E-state index contributed by atoms with van der Waals surface area (Å²) in [6.45, 7) is 0.531. The van der Waals surface area contributed by atoms with Crippen LogP contribution in [0.2, 0.25) is 0 Å². The summed E-state index contributed by atoms with van der Waals surface area (Å²) in [4.78, 5) is 29.6. The van der Waals surface area contributed by atoms with Gasteiger partial charge in [-0.3, -0.25) is 9.59 Å². The molecule has 0 radical (unpaired) electrons. The Hall–Kier alpha value is -4.78. The number of benzene rings is 4. The van der Waals surface area contributed by atoms with E-state index in [1.807, 2.05) is 77.7 Å². The average molecular weight is 521 g/mol. The molecule has 2 aliphatic rings. The normalized spacial score (nSPS) is 17.4. The lowest BCUT2D eigenvalue weighted by atomic mass is 9.75. The monoisotopic (exact) mass is 520 g/mol. The quantitative estimate of drug-likeness (QED) is 0.339. The van der Waals surface area contributed by atoms with Crippen molar-refractivity contribution in [3.05, 3.63) is 113 Å². The number of hydrogen-bond donors (Lipinski definition) is 1. The Morgan fingerprint density at radius 3 is 2.23 bits per heavy atom. The van der Waals surface area contributed by atoms with E-state index in [1.165, 1.54) is 7.11 Å². The van der Waals surface area contributed by atoms with E-state index >= 15 is 0 Å². The van der Waals surface area contributed by atoms with E-state index < -0.39 is 12.0 Å². The van der Waals surface area contributed by atoms with Crippen LogP contribution in [0.25, 0.3) is 0 Å². The van der Waals surface area contributed by atoms with Crippen LogP contribution in [0.1, 0.15) is 39.0 Å². The number of para-hydroxylation sites is 1. The molecule has 196 valence electrons. The summed E-state index contributed by atoms with van der Waals surface area (Å²) in [7, 11) is 3.08. The highest BCUT2D eigenvalue weighted by molar-refractivity contribution is 6.05. The highest BCUT2D eigenvalue weighted by atomic mass is 16.5. The minimum absolute atomic E-state index is 0.114. The van der Waals surface area contributed by atoms with E-state index in [0.29, 0.717) is 40.6 Å². The molecule has 7 heteroatoms. The molecule has 0 fully saturated rings. The van der Waals surface area contributed by atoms with Crippen LogP contribution in [0.4, 0.5) is 5.69 Å². The van der Waals surface area contributed by atoms with E-state index in [9.17, 15) is 9.59 Å². The molecule has 0 unspecified atom stereocenters. The van der Waals surface area contributed by atoms with Crippen molar-refractivity contribution in [3.8, 4) is 23.0 Å². The first-order valence-corrected chi connectivity index (χ1v) is 12.9. The van der Waals surface area contributed by atoms with E-state index in [2.05, 4.69) is 11.4 Å². The summed E-state index contributed by atoms with van der Waals surface area (Å²) in [5.41, 5.74) is 3.85. The van der Waals surface area contributed by atoms with Crippen molar-refractivity contribution in [1.82, 2.24) is 4.90 Å². The minimum Gasteiger partial charge on any atom is -0.493 e. The van der Waals surface area contributed by atoms with E-state index in [-0.39, 0.29) is 11.8 Å². The molecule has 6 rings (SSSR count). The standard InChI is InChI=1S/C32H28N2O5/c1-37-27-18-25-26(19-28(27)38-2)32(36)34-17-16-20-8-6-7-11-24(20)30(34)29(25)31(35)33-21-12-14-23(15-13-21)39-22-9-4-3-5-10-22/h3-15,18-19,29-30H,16-17H2,1-2H3,(H,33,35)/t29-,30-/m0/s1. The van der Waals surface area contributed by atoms with Crippen molar-refractivity contribution in [2.75, 3.05) is 26.1 Å². The lowest BCUT2D eigenvalue weighted by molar-refractivity contribution is -0.119. The summed E-state index contributed by atoms with van der Waals surface area (Å²) in [5, 5.41) is 3.08. The number of carbonyl (C=O) groups is 2. The predicted molar refractivity (Wildman–Crippen MR) is 148 cm³/mol. The van der Waals surface area contributed by atoms with Crippen LogP contribution in [0.3, 0.4) is 0 Å². The Bertz CT molecular complexity index is 1530. The fourth-order valence-corrected chi connectivity index (χ4v) is 5.58. The van der Waals surface area contributed by atoms with Crippen LogP contribution in [0, 0.1) is 0 Å². The zero-order valence-electron chi connectivity index (χ0n) is 21.7. The Balaban J connectivity index is 1.37. The van der Waals surface area contributed by atoms with Gasteiger partial charge in [0, 0.05) is 17.8 Å². The summed E-state index contributed by atoms with van der Waals surface area (Å²) in [5.74, 6) is 1.35. The van der Waals surface area contributed by atoms with Gasteiger partial charge in [-0.2, -0.15) is 0 Å². The highest BCUT2D eigenvalue weighted by Gasteiger charge is 2.47. The Morgan fingerprint density at radius 1 is 0.821 bits per heavy atom. The molecule has 2 aliphatic heterocycles. The maximum Gasteiger partial charge on any atom is 0.254 e. The van der Waals surface area contributed by atoms with Crippen molar-refractivity contribution in [1.29, 1.82) is 0 Å². The average Bonchev–Trinajstić information content (AvgIpc) is 2.98. The number of methoxy groups -OCH3 is 2. The second-order valence-corrected chi connectivity index (χ2v) is 9.59. The van der Waals surface area contributed by atoms with Crippen molar-refractivity contribution in [3.63, 3.8) is 0 Å². The zero-order valence-corrected chi connectivity index (χ0v) is 21.7. The number of nitrogens with one attached hydrogen (secondary N) is 1. The third-order valence-electron chi connectivity index (χ3n) is 7.41. The van der Waals surface area contributed by atoms with Crippen LogP contribution in [-0.4, -0.2) is 37.5 Å². The fourth-order valence-electron chi connectivity index (χ4n) is 5.58. The van der Waals surface area contributed by atoms with Gasteiger partial charge in [-0.05, 0) is 71.6 Å². The van der Waals surface area contributed by atoms with E-state index in [4.69, 9.17) is 14.2 Å². The molecule has 0 saturated carbocycles. The molecule has 7 nitrogen and oxygen atoms in total. The van der Waals surface area contributed by atoms with Gasteiger partial charge in [-0.15, -0.1) is 0 Å². The summed E-state index contributed by atoms with van der Waals surface area (Å²) in [6, 6.07) is 27.8. The molecule has 4 aromatic rings. The van der Waals surface area contributed by atoms with Gasteiger partial charge < -0.3 is 24.4 Å². The third kappa shape index (κ3) is 4.46. The first-order chi connectivity index (χ1) is 19.1. The highest BCUT2D eigenvalue weighted by Crippen LogP contribution is 2.48. The molecule has 0 saturated heterocycles. The number of hydrogen-bond acceptors (Lipinski definition) is 5. The Labute approximate surface area is 226 Å². The minimum atomic E-state index is -0.654. The van der Waals surface area contributed by atoms with E-state index in [1.54, 1.807) is 19.2 Å². The maximum absolute atomic E-state index is 14.1. The second-order valence-electron chi connectivity index (χ2n) is 9.59. The van der Waals surface area contributed by atoms with Crippen LogP contribution >= 0.6 is 0 Å². The van der Waals surface area contributed by atoms with Crippen molar-refractivity contribution >= 4 is 17.5 Å². The largest absolute Gasteiger partial charge is 0.493 e. The first-order valence-electron chi connectivity index (χ1n) is 12.9. The van der Waals surface area contributed by atoms with Crippen LogP contribution in [0.5, 0.6) is 23.0 Å². The number of carbonyl (C=O) groups excluding carboxylic acids is 2. The molecular weight excluding hydrogens is 492 g/mol. The van der Waals surface area contributed by atoms with Crippen LogP contribution in [-0.2, 0) is 11.2 Å². The number of fused-ring (bicyclic) bond motifs is 4. The molecule has 2 heterocycles. The van der Waals surface area contributed by atoms with Crippen LogP contribution in [0.15, 0.2) is 91.0 Å². The topological polar surface area (TPSA) is 77.1 Å². The zero-order chi connectivity index (χ0) is 26.9. The lowest BCUT2D eigenvalue weighted by Crippen LogP contribution is -2.49. The Morgan fingerprint density at radius 2 is 1.49 bits per heavy atom. The predicted octanol–water partition coefficient (Wildman–Crippen LogP) is 5.97. The fraction of sp³-hybridized carbons (Fsp3) is 0.188. The van der Waals surface area contributed by atoms with Gasteiger partial charge >= 0.3 is 0 Å². The molecule has 2 atom stereocenters. The molecule has 2 amide bonds. The number of ether oxygens (including phenoxy) is 3. The smallest absolute Gasteiger partial charge is 0.254 e. The number of rotatable bonds is 6. The molecular formula is C32H28N2O5. The molecule has 0 bridgehead atoms. The SMILES string of the molecule is COc1cc2c(cc1OC)[C@H](C(=O)Nc1ccc(Oc3ccccc3)cc1)[C@@H]1c3ccccc3CCN1C2=O. The summed E-state index contributed by atoms with van der Waals surface area (Å²) < 4.78 is 16.9. The molecule has 0 spiro atoms. The Kier molecular flexibility index (Phi) is 6.40. The molecule has 1 N–H and O–H groups in total. The first kappa shape index (κ1) is 24.6. The van der Waals surface area contributed by atoms with Gasteiger partial charge in [-0.1, -0.05) is 42.5 Å². The molecule has 4 aromatic carbocycles. The number of anilines is 1. The van der Waals surface area contributed by atoms with Crippen molar-refractivity contribution in [2.24, 2.45) is 0 Å². The van der Waals surface area contributed by atoms with Gasteiger partial charge in [0.1, 0.15) is 11.5 Å².